The molecule has 13 heavy (non-hydrogen) atoms. The normalized spacial score (nSPS) is 11.7. The molecule has 0 bridgehead atoms. The molecular weight excluding hydrogens is 162 g/mol. The standard InChI is InChI=1S/C11H17NO/c1-4-9-6-5-7-12-10(9)8-11(2,3)13/h5-7,13H,4,8H2,1-3H3. The number of aromatic nitrogens is 1. The van der Waals surface area contributed by atoms with E-state index in [1.165, 1.54) is 5.56 Å². The van der Waals surface area contributed by atoms with Gasteiger partial charge >= 0.3 is 0 Å². The minimum atomic E-state index is -0.668. The van der Waals surface area contributed by atoms with Gasteiger partial charge in [0.05, 0.1) is 5.60 Å². The molecule has 1 N–H and O–H groups in total. The van der Waals surface area contributed by atoms with E-state index >= 15 is 0 Å². The lowest BCUT2D eigenvalue weighted by Crippen LogP contribution is -2.23. The number of aliphatic hydroxyl groups is 1. The molecule has 2 heteroatoms. The maximum Gasteiger partial charge on any atom is 0.0647 e. The van der Waals surface area contributed by atoms with E-state index in [9.17, 15) is 5.11 Å². The third-order valence-electron chi connectivity index (χ3n) is 1.97. The van der Waals surface area contributed by atoms with E-state index in [4.69, 9.17) is 0 Å². The molecule has 0 unspecified atom stereocenters. The van der Waals surface area contributed by atoms with Crippen molar-refractivity contribution in [3.63, 3.8) is 0 Å². The fraction of sp³-hybridized carbons (Fsp3) is 0.545. The predicted octanol–water partition coefficient (Wildman–Crippen LogP) is 1.96. The molecule has 1 aromatic rings. The van der Waals surface area contributed by atoms with E-state index in [0.29, 0.717) is 6.42 Å². The van der Waals surface area contributed by atoms with Gasteiger partial charge in [-0.3, -0.25) is 4.98 Å². The number of aryl methyl sites for hydroxylation is 1. The molecule has 0 amide bonds. The Balaban J connectivity index is 2.87. The average Bonchev–Trinajstić information content (AvgIpc) is 2.02. The molecule has 0 aliphatic carbocycles. The van der Waals surface area contributed by atoms with Crippen LogP contribution in [0.4, 0.5) is 0 Å². The van der Waals surface area contributed by atoms with E-state index in [0.717, 1.165) is 12.1 Å². The van der Waals surface area contributed by atoms with Crippen LogP contribution in [0.5, 0.6) is 0 Å². The molecule has 0 aliphatic heterocycles. The van der Waals surface area contributed by atoms with Gasteiger partial charge in [-0.15, -0.1) is 0 Å². The van der Waals surface area contributed by atoms with Crippen LogP contribution >= 0.6 is 0 Å². The van der Waals surface area contributed by atoms with Crippen LogP contribution in [-0.4, -0.2) is 15.7 Å². The molecule has 0 fully saturated rings. The van der Waals surface area contributed by atoms with Gasteiger partial charge in [-0.2, -0.15) is 0 Å². The summed E-state index contributed by atoms with van der Waals surface area (Å²) >= 11 is 0. The number of hydrogen-bond donors (Lipinski definition) is 1. The van der Waals surface area contributed by atoms with Gasteiger partial charge < -0.3 is 5.11 Å². The van der Waals surface area contributed by atoms with Crippen molar-refractivity contribution in [2.45, 2.75) is 39.2 Å². The smallest absolute Gasteiger partial charge is 0.0647 e. The van der Waals surface area contributed by atoms with Gasteiger partial charge in [0, 0.05) is 18.3 Å². The fourth-order valence-electron chi connectivity index (χ4n) is 1.36. The molecule has 1 aromatic heterocycles. The first-order chi connectivity index (χ1) is 6.03. The largest absolute Gasteiger partial charge is 0.390 e. The molecule has 1 rings (SSSR count). The zero-order valence-corrected chi connectivity index (χ0v) is 8.54. The molecule has 0 atom stereocenters. The Labute approximate surface area is 79.6 Å². The van der Waals surface area contributed by atoms with Crippen LogP contribution in [0.1, 0.15) is 32.0 Å². The predicted molar refractivity (Wildman–Crippen MR) is 53.6 cm³/mol. The van der Waals surface area contributed by atoms with Crippen LogP contribution in [0.15, 0.2) is 18.3 Å². The van der Waals surface area contributed by atoms with E-state index in [1.54, 1.807) is 20.0 Å². The van der Waals surface area contributed by atoms with Crippen LogP contribution in [0, 0.1) is 0 Å². The first-order valence-electron chi connectivity index (χ1n) is 4.68. The van der Waals surface area contributed by atoms with Crippen molar-refractivity contribution in [3.8, 4) is 0 Å². The van der Waals surface area contributed by atoms with Gasteiger partial charge in [0.1, 0.15) is 0 Å². The Morgan fingerprint density at radius 3 is 2.69 bits per heavy atom. The highest BCUT2D eigenvalue weighted by molar-refractivity contribution is 5.20. The van der Waals surface area contributed by atoms with Crippen molar-refractivity contribution in [2.75, 3.05) is 0 Å². The van der Waals surface area contributed by atoms with E-state index in [1.807, 2.05) is 6.07 Å². The van der Waals surface area contributed by atoms with Crippen molar-refractivity contribution < 1.29 is 5.11 Å². The van der Waals surface area contributed by atoms with Crippen LogP contribution in [0.25, 0.3) is 0 Å². The molecule has 1 heterocycles. The summed E-state index contributed by atoms with van der Waals surface area (Å²) in [6.07, 6.45) is 3.37. The minimum absolute atomic E-state index is 0.622. The van der Waals surface area contributed by atoms with Gasteiger partial charge in [0.2, 0.25) is 0 Å². The van der Waals surface area contributed by atoms with Crippen molar-refractivity contribution in [1.29, 1.82) is 0 Å². The summed E-state index contributed by atoms with van der Waals surface area (Å²) in [6.45, 7) is 5.72. The third kappa shape index (κ3) is 3.15. The molecule has 0 saturated heterocycles. The van der Waals surface area contributed by atoms with Crippen molar-refractivity contribution in [3.05, 3.63) is 29.6 Å². The van der Waals surface area contributed by atoms with E-state index in [-0.39, 0.29) is 0 Å². The lowest BCUT2D eigenvalue weighted by Gasteiger charge is -2.17. The fourth-order valence-corrected chi connectivity index (χ4v) is 1.36. The second-order valence-electron chi connectivity index (χ2n) is 3.95. The quantitative estimate of drug-likeness (QED) is 0.769. The topological polar surface area (TPSA) is 33.1 Å². The molecule has 0 aromatic carbocycles. The molecule has 72 valence electrons. The second kappa shape index (κ2) is 3.88. The summed E-state index contributed by atoms with van der Waals surface area (Å²) in [5, 5.41) is 9.65. The average molecular weight is 179 g/mol. The van der Waals surface area contributed by atoms with Crippen molar-refractivity contribution in [2.24, 2.45) is 0 Å². The van der Waals surface area contributed by atoms with Crippen molar-refractivity contribution in [1.82, 2.24) is 4.98 Å². The maximum atomic E-state index is 9.65. The van der Waals surface area contributed by atoms with Crippen LogP contribution < -0.4 is 0 Å². The molecule has 0 radical (unpaired) electrons. The SMILES string of the molecule is CCc1cccnc1CC(C)(C)O. The Morgan fingerprint density at radius 1 is 1.46 bits per heavy atom. The molecule has 0 spiro atoms. The number of pyridine rings is 1. The van der Waals surface area contributed by atoms with E-state index in [2.05, 4.69) is 18.0 Å². The maximum absolute atomic E-state index is 9.65. The van der Waals surface area contributed by atoms with Crippen molar-refractivity contribution >= 4 is 0 Å². The first kappa shape index (κ1) is 10.2. The van der Waals surface area contributed by atoms with Crippen LogP contribution in [0.3, 0.4) is 0 Å². The highest BCUT2D eigenvalue weighted by atomic mass is 16.3. The highest BCUT2D eigenvalue weighted by Crippen LogP contribution is 2.14. The molecular formula is C11H17NO. The molecule has 0 saturated carbocycles. The summed E-state index contributed by atoms with van der Waals surface area (Å²) in [5.74, 6) is 0. The summed E-state index contributed by atoms with van der Waals surface area (Å²) < 4.78 is 0. The lowest BCUT2D eigenvalue weighted by atomic mass is 9.98. The van der Waals surface area contributed by atoms with Gasteiger partial charge in [0.15, 0.2) is 0 Å². The Hall–Kier alpha value is -0.890. The Bertz CT molecular complexity index is 276. The second-order valence-corrected chi connectivity index (χ2v) is 3.95. The van der Waals surface area contributed by atoms with Gasteiger partial charge in [-0.1, -0.05) is 13.0 Å². The highest BCUT2D eigenvalue weighted by Gasteiger charge is 2.15. The first-order valence-corrected chi connectivity index (χ1v) is 4.68. The van der Waals surface area contributed by atoms with Gasteiger partial charge in [-0.05, 0) is 31.9 Å². The minimum Gasteiger partial charge on any atom is -0.390 e. The summed E-state index contributed by atoms with van der Waals surface area (Å²) in [7, 11) is 0. The zero-order valence-electron chi connectivity index (χ0n) is 8.54. The van der Waals surface area contributed by atoms with Crippen LogP contribution in [0.2, 0.25) is 0 Å². The monoisotopic (exact) mass is 179 g/mol. The van der Waals surface area contributed by atoms with Gasteiger partial charge in [0.25, 0.3) is 0 Å². The Morgan fingerprint density at radius 2 is 2.15 bits per heavy atom. The molecule has 0 aliphatic rings. The summed E-state index contributed by atoms with van der Waals surface area (Å²) in [6, 6.07) is 4.00. The summed E-state index contributed by atoms with van der Waals surface area (Å²) in [5.41, 5.74) is 1.57. The lowest BCUT2D eigenvalue weighted by molar-refractivity contribution is 0.0797. The van der Waals surface area contributed by atoms with Crippen LogP contribution in [-0.2, 0) is 12.8 Å². The Kier molecular flexibility index (Phi) is 3.04. The number of hydrogen-bond acceptors (Lipinski definition) is 2. The number of rotatable bonds is 3. The van der Waals surface area contributed by atoms with Gasteiger partial charge in [-0.25, -0.2) is 0 Å². The molecule has 2 nitrogen and oxygen atoms in total. The zero-order chi connectivity index (χ0) is 9.90. The van der Waals surface area contributed by atoms with E-state index < -0.39 is 5.60 Å². The summed E-state index contributed by atoms with van der Waals surface area (Å²) in [4.78, 5) is 4.27. The third-order valence-corrected chi connectivity index (χ3v) is 1.97. The number of nitrogens with zero attached hydrogens (tertiary/aromatic N) is 1.